The molecule has 0 radical (unpaired) electrons. The first kappa shape index (κ1) is 13.2. The molecule has 0 aromatic heterocycles. The molecule has 2 nitrogen and oxygen atoms in total. The number of methoxy groups -OCH3 is 2. The van der Waals surface area contributed by atoms with Gasteiger partial charge in [-0.1, -0.05) is 37.3 Å². The van der Waals surface area contributed by atoms with Gasteiger partial charge in [-0.25, -0.2) is 0 Å². The third-order valence-corrected chi connectivity index (χ3v) is 3.07. The number of rotatable bonds is 7. The van der Waals surface area contributed by atoms with E-state index in [1.807, 2.05) is 6.07 Å². The Labute approximate surface area is 98.6 Å². The zero-order valence-electron chi connectivity index (χ0n) is 10.5. The minimum Gasteiger partial charge on any atom is -0.384 e. The molecule has 1 aromatic carbocycles. The Morgan fingerprint density at radius 3 is 2.00 bits per heavy atom. The maximum Gasteiger partial charge on any atom is 0.0543 e. The van der Waals surface area contributed by atoms with Crippen molar-refractivity contribution >= 4 is 0 Å². The second-order valence-electron chi connectivity index (χ2n) is 4.38. The predicted molar refractivity (Wildman–Crippen MR) is 66.6 cm³/mol. The summed E-state index contributed by atoms with van der Waals surface area (Å²) in [6.45, 7) is 3.68. The highest BCUT2D eigenvalue weighted by Gasteiger charge is 2.28. The molecule has 16 heavy (non-hydrogen) atoms. The van der Waals surface area contributed by atoms with E-state index in [2.05, 4.69) is 31.2 Å². The minimum atomic E-state index is 0.102. The van der Waals surface area contributed by atoms with Gasteiger partial charge in [-0.2, -0.15) is 0 Å². The molecule has 0 amide bonds. The summed E-state index contributed by atoms with van der Waals surface area (Å²) in [6.07, 6.45) is 2.07. The number of ether oxygens (including phenoxy) is 2. The summed E-state index contributed by atoms with van der Waals surface area (Å²) < 4.78 is 10.7. The SMILES string of the molecule is CCC(COC)(COC)Cc1ccccc1. The summed E-state index contributed by atoms with van der Waals surface area (Å²) in [5, 5.41) is 0. The molecule has 0 saturated carbocycles. The lowest BCUT2D eigenvalue weighted by atomic mass is 9.80. The molecule has 0 saturated heterocycles. The van der Waals surface area contributed by atoms with Crippen LogP contribution in [0.1, 0.15) is 18.9 Å². The average molecular weight is 222 g/mol. The Hall–Kier alpha value is -0.860. The van der Waals surface area contributed by atoms with Crippen molar-refractivity contribution in [1.29, 1.82) is 0 Å². The maximum absolute atomic E-state index is 5.34. The van der Waals surface area contributed by atoms with Crippen molar-refractivity contribution in [3.8, 4) is 0 Å². The van der Waals surface area contributed by atoms with Crippen LogP contribution in [0.2, 0.25) is 0 Å². The van der Waals surface area contributed by atoms with Crippen LogP contribution in [0.4, 0.5) is 0 Å². The zero-order valence-corrected chi connectivity index (χ0v) is 10.5. The van der Waals surface area contributed by atoms with Gasteiger partial charge in [0.2, 0.25) is 0 Å². The Morgan fingerprint density at radius 2 is 1.56 bits per heavy atom. The summed E-state index contributed by atoms with van der Waals surface area (Å²) in [5.74, 6) is 0. The lowest BCUT2D eigenvalue weighted by Crippen LogP contribution is -2.33. The molecule has 0 heterocycles. The number of benzene rings is 1. The summed E-state index contributed by atoms with van der Waals surface area (Å²) >= 11 is 0. The molecule has 0 atom stereocenters. The Kier molecular flexibility index (Phi) is 5.50. The summed E-state index contributed by atoms with van der Waals surface area (Å²) in [6, 6.07) is 10.5. The highest BCUT2D eigenvalue weighted by atomic mass is 16.5. The van der Waals surface area contributed by atoms with E-state index in [0.29, 0.717) is 0 Å². The van der Waals surface area contributed by atoms with Crippen molar-refractivity contribution in [3.63, 3.8) is 0 Å². The van der Waals surface area contributed by atoms with Gasteiger partial charge in [0, 0.05) is 19.6 Å². The third-order valence-electron chi connectivity index (χ3n) is 3.07. The molecule has 0 fully saturated rings. The van der Waals surface area contributed by atoms with Crippen molar-refractivity contribution in [2.24, 2.45) is 5.41 Å². The van der Waals surface area contributed by atoms with Gasteiger partial charge in [-0.15, -0.1) is 0 Å². The van der Waals surface area contributed by atoms with E-state index in [1.54, 1.807) is 14.2 Å². The van der Waals surface area contributed by atoms with Crippen LogP contribution in [0.25, 0.3) is 0 Å². The van der Waals surface area contributed by atoms with Gasteiger partial charge in [0.25, 0.3) is 0 Å². The van der Waals surface area contributed by atoms with Crippen LogP contribution < -0.4 is 0 Å². The Morgan fingerprint density at radius 1 is 1.00 bits per heavy atom. The van der Waals surface area contributed by atoms with Gasteiger partial charge in [0.1, 0.15) is 0 Å². The fourth-order valence-corrected chi connectivity index (χ4v) is 2.11. The number of hydrogen-bond donors (Lipinski definition) is 0. The van der Waals surface area contributed by atoms with Gasteiger partial charge in [0.15, 0.2) is 0 Å². The van der Waals surface area contributed by atoms with Gasteiger partial charge < -0.3 is 9.47 Å². The van der Waals surface area contributed by atoms with Gasteiger partial charge in [0.05, 0.1) is 13.2 Å². The molecular weight excluding hydrogens is 200 g/mol. The standard InChI is InChI=1S/C14H22O2/c1-4-14(11-15-2,12-16-3)10-13-8-6-5-7-9-13/h5-9H,4,10-12H2,1-3H3. The second-order valence-corrected chi connectivity index (χ2v) is 4.38. The molecule has 90 valence electrons. The first-order chi connectivity index (χ1) is 7.76. The molecule has 0 aliphatic heterocycles. The molecule has 0 aliphatic rings. The van der Waals surface area contributed by atoms with Crippen LogP contribution in [-0.4, -0.2) is 27.4 Å². The second kappa shape index (κ2) is 6.66. The lowest BCUT2D eigenvalue weighted by Gasteiger charge is -2.31. The lowest BCUT2D eigenvalue weighted by molar-refractivity contribution is 0.00756. The molecule has 0 N–H and O–H groups in total. The monoisotopic (exact) mass is 222 g/mol. The van der Waals surface area contributed by atoms with Crippen LogP contribution >= 0.6 is 0 Å². The Balaban J connectivity index is 2.76. The topological polar surface area (TPSA) is 18.5 Å². The summed E-state index contributed by atoms with van der Waals surface area (Å²) in [4.78, 5) is 0. The van der Waals surface area contributed by atoms with Crippen LogP contribution in [-0.2, 0) is 15.9 Å². The molecule has 1 aromatic rings. The average Bonchev–Trinajstić information content (AvgIpc) is 2.31. The largest absolute Gasteiger partial charge is 0.384 e. The Bertz CT molecular complexity index is 276. The van der Waals surface area contributed by atoms with Crippen molar-refractivity contribution in [2.45, 2.75) is 19.8 Å². The highest BCUT2D eigenvalue weighted by molar-refractivity contribution is 5.16. The molecular formula is C14H22O2. The van der Waals surface area contributed by atoms with Crippen LogP contribution in [0, 0.1) is 5.41 Å². The predicted octanol–water partition coefficient (Wildman–Crippen LogP) is 2.92. The molecule has 0 bridgehead atoms. The van der Waals surface area contributed by atoms with Crippen molar-refractivity contribution in [1.82, 2.24) is 0 Å². The summed E-state index contributed by atoms with van der Waals surface area (Å²) in [5.41, 5.74) is 1.45. The quantitative estimate of drug-likeness (QED) is 0.706. The molecule has 0 unspecified atom stereocenters. The third kappa shape index (κ3) is 3.62. The van der Waals surface area contributed by atoms with E-state index in [4.69, 9.17) is 9.47 Å². The van der Waals surface area contributed by atoms with Gasteiger partial charge >= 0.3 is 0 Å². The molecule has 0 spiro atoms. The fourth-order valence-electron chi connectivity index (χ4n) is 2.11. The van der Waals surface area contributed by atoms with E-state index in [0.717, 1.165) is 26.1 Å². The van der Waals surface area contributed by atoms with E-state index in [-0.39, 0.29) is 5.41 Å². The van der Waals surface area contributed by atoms with Crippen molar-refractivity contribution in [2.75, 3.05) is 27.4 Å². The molecule has 0 aliphatic carbocycles. The normalized spacial score (nSPS) is 11.7. The molecule has 1 rings (SSSR count). The van der Waals surface area contributed by atoms with E-state index < -0.39 is 0 Å². The zero-order chi connectivity index (χ0) is 11.9. The van der Waals surface area contributed by atoms with Crippen molar-refractivity contribution in [3.05, 3.63) is 35.9 Å². The van der Waals surface area contributed by atoms with E-state index in [9.17, 15) is 0 Å². The smallest absolute Gasteiger partial charge is 0.0543 e. The summed E-state index contributed by atoms with van der Waals surface area (Å²) in [7, 11) is 3.51. The van der Waals surface area contributed by atoms with Crippen LogP contribution in [0.5, 0.6) is 0 Å². The van der Waals surface area contributed by atoms with E-state index >= 15 is 0 Å². The number of hydrogen-bond acceptors (Lipinski definition) is 2. The minimum absolute atomic E-state index is 0.102. The van der Waals surface area contributed by atoms with Gasteiger partial charge in [-0.3, -0.25) is 0 Å². The van der Waals surface area contributed by atoms with Crippen LogP contribution in [0.15, 0.2) is 30.3 Å². The molecule has 2 heteroatoms. The fraction of sp³-hybridized carbons (Fsp3) is 0.571. The van der Waals surface area contributed by atoms with E-state index in [1.165, 1.54) is 5.56 Å². The van der Waals surface area contributed by atoms with Crippen LogP contribution in [0.3, 0.4) is 0 Å². The first-order valence-electron chi connectivity index (χ1n) is 5.78. The maximum atomic E-state index is 5.34. The van der Waals surface area contributed by atoms with Gasteiger partial charge in [-0.05, 0) is 18.4 Å². The van der Waals surface area contributed by atoms with Crippen molar-refractivity contribution < 1.29 is 9.47 Å². The first-order valence-corrected chi connectivity index (χ1v) is 5.78. The highest BCUT2D eigenvalue weighted by Crippen LogP contribution is 2.28.